The molecule has 7 rings (SSSR count). The van der Waals surface area contributed by atoms with Gasteiger partial charge in [-0.1, -0.05) is 40.2 Å². The third kappa shape index (κ3) is 2.55. The minimum atomic E-state index is 0.113. The van der Waals surface area contributed by atoms with Crippen LogP contribution in [0.5, 0.6) is 0 Å². The Morgan fingerprint density at radius 3 is 2.44 bits per heavy atom. The Morgan fingerprint density at radius 2 is 1.74 bits per heavy atom. The Balaban J connectivity index is 1.34. The number of nitrogens with zero attached hydrogens (tertiary/aromatic N) is 1. The minimum Gasteiger partial charge on any atom is -0.370 e. The summed E-state index contributed by atoms with van der Waals surface area (Å²) in [6.45, 7) is 0. The molecule has 5 aliphatic carbocycles. The van der Waals surface area contributed by atoms with Crippen molar-refractivity contribution in [3.05, 3.63) is 41.5 Å². The Labute approximate surface area is 168 Å². The number of halogens is 1. The molecule has 4 heteroatoms. The van der Waals surface area contributed by atoms with E-state index >= 15 is 0 Å². The summed E-state index contributed by atoms with van der Waals surface area (Å²) in [7, 11) is 0. The number of hydrogen-bond acceptors (Lipinski definition) is 1. The molecule has 140 valence electrons. The van der Waals surface area contributed by atoms with Crippen LogP contribution in [0, 0.1) is 17.8 Å². The zero-order chi connectivity index (χ0) is 18.2. The number of benzene rings is 2. The van der Waals surface area contributed by atoms with Crippen LogP contribution < -0.4 is 11.1 Å². The van der Waals surface area contributed by atoms with Gasteiger partial charge in [-0.2, -0.15) is 0 Å². The van der Waals surface area contributed by atoms with Gasteiger partial charge >= 0.3 is 0 Å². The van der Waals surface area contributed by atoms with E-state index in [4.69, 9.17) is 10.7 Å². The molecule has 0 spiro atoms. The molecular weight excluding hydrogens is 398 g/mol. The molecule has 3 nitrogen and oxygen atoms in total. The second-order valence-electron chi connectivity index (χ2n) is 9.48. The lowest BCUT2D eigenvalue weighted by atomic mass is 9.53. The maximum Gasteiger partial charge on any atom is 0.193 e. The van der Waals surface area contributed by atoms with Gasteiger partial charge in [0.25, 0.3) is 0 Å². The summed E-state index contributed by atoms with van der Waals surface area (Å²) in [6, 6.07) is 11.0. The summed E-state index contributed by atoms with van der Waals surface area (Å²) in [5, 5.41) is 6.11. The predicted octanol–water partition coefficient (Wildman–Crippen LogP) is 5.53. The summed E-state index contributed by atoms with van der Waals surface area (Å²) in [4.78, 5) is 5.54. The van der Waals surface area contributed by atoms with Gasteiger partial charge in [-0.3, -0.25) is 0 Å². The minimum absolute atomic E-state index is 0.113. The largest absolute Gasteiger partial charge is 0.370 e. The van der Waals surface area contributed by atoms with Gasteiger partial charge in [0.1, 0.15) is 0 Å². The quantitative estimate of drug-likeness (QED) is 0.379. The van der Waals surface area contributed by atoms with Crippen LogP contribution in [0.25, 0.3) is 10.8 Å². The first-order valence-electron chi connectivity index (χ1n) is 10.4. The maximum atomic E-state index is 6.47. The highest BCUT2D eigenvalue weighted by molar-refractivity contribution is 9.09. The Kier molecular flexibility index (Phi) is 3.48. The second kappa shape index (κ2) is 5.73. The van der Waals surface area contributed by atoms with Crippen molar-refractivity contribution >= 4 is 38.3 Å². The number of nitrogens with one attached hydrogen (secondary N) is 1. The fourth-order valence-corrected chi connectivity index (χ4v) is 7.71. The molecule has 0 saturated heterocycles. The van der Waals surface area contributed by atoms with Crippen molar-refractivity contribution in [3.63, 3.8) is 0 Å². The predicted molar refractivity (Wildman–Crippen MR) is 115 cm³/mol. The fraction of sp³-hybridized carbons (Fsp3) is 0.522. The SMILES string of the molecule is NC(=NC12CC3CC(CC(C3)C1)C2)Nc1ccc2c3c(cccc13)CC2Br. The highest BCUT2D eigenvalue weighted by atomic mass is 79.9. The molecule has 0 heterocycles. The van der Waals surface area contributed by atoms with Crippen LogP contribution >= 0.6 is 15.9 Å². The van der Waals surface area contributed by atoms with Gasteiger partial charge in [0.05, 0.1) is 5.54 Å². The molecule has 4 fully saturated rings. The molecule has 2 aromatic rings. The van der Waals surface area contributed by atoms with E-state index in [1.54, 1.807) is 0 Å². The first kappa shape index (κ1) is 16.4. The van der Waals surface area contributed by atoms with E-state index in [-0.39, 0.29) is 5.54 Å². The van der Waals surface area contributed by atoms with Crippen molar-refractivity contribution < 1.29 is 0 Å². The number of aliphatic imine (C=N–C) groups is 1. The van der Waals surface area contributed by atoms with Gasteiger partial charge in [-0.15, -0.1) is 0 Å². The average Bonchev–Trinajstić information content (AvgIpc) is 2.92. The number of guanidine groups is 1. The summed E-state index contributed by atoms with van der Waals surface area (Å²) >= 11 is 3.82. The van der Waals surface area contributed by atoms with Crippen molar-refractivity contribution in [3.8, 4) is 0 Å². The zero-order valence-corrected chi connectivity index (χ0v) is 17.1. The van der Waals surface area contributed by atoms with Gasteiger partial charge in [-0.25, -0.2) is 4.99 Å². The van der Waals surface area contributed by atoms with E-state index in [0.717, 1.165) is 29.9 Å². The fourth-order valence-electron chi connectivity index (χ4n) is 6.98. The molecule has 5 aliphatic rings. The number of anilines is 1. The van der Waals surface area contributed by atoms with E-state index in [0.29, 0.717) is 10.8 Å². The first-order valence-corrected chi connectivity index (χ1v) is 11.3. The monoisotopic (exact) mass is 423 g/mol. The van der Waals surface area contributed by atoms with E-state index in [9.17, 15) is 0 Å². The average molecular weight is 424 g/mol. The van der Waals surface area contributed by atoms with Crippen molar-refractivity contribution in [2.24, 2.45) is 28.5 Å². The smallest absolute Gasteiger partial charge is 0.193 e. The van der Waals surface area contributed by atoms with Gasteiger partial charge in [0.15, 0.2) is 5.96 Å². The van der Waals surface area contributed by atoms with Crippen LogP contribution in [-0.4, -0.2) is 11.5 Å². The Hall–Kier alpha value is -1.55. The van der Waals surface area contributed by atoms with Crippen LogP contribution in [0.1, 0.15) is 54.5 Å². The topological polar surface area (TPSA) is 50.4 Å². The number of hydrogen-bond donors (Lipinski definition) is 2. The molecule has 1 atom stereocenters. The molecule has 4 saturated carbocycles. The lowest BCUT2D eigenvalue weighted by molar-refractivity contribution is 0.00164. The molecule has 0 radical (unpaired) electrons. The normalized spacial score (nSPS) is 36.6. The third-order valence-electron chi connectivity index (χ3n) is 7.52. The molecule has 3 N–H and O–H groups in total. The summed E-state index contributed by atoms with van der Waals surface area (Å²) in [5.74, 6) is 3.27. The number of alkyl halides is 1. The first-order chi connectivity index (χ1) is 13.1. The Morgan fingerprint density at radius 1 is 1.04 bits per heavy atom. The van der Waals surface area contributed by atoms with E-state index in [2.05, 4.69) is 51.6 Å². The molecule has 2 aromatic carbocycles. The maximum absolute atomic E-state index is 6.47. The van der Waals surface area contributed by atoms with Gasteiger partial charge < -0.3 is 11.1 Å². The molecule has 0 amide bonds. The summed E-state index contributed by atoms with van der Waals surface area (Å²) in [5.41, 5.74) is 10.5. The van der Waals surface area contributed by atoms with Gasteiger partial charge in [0.2, 0.25) is 0 Å². The Bertz CT molecular complexity index is 928. The molecule has 4 bridgehead atoms. The summed E-state index contributed by atoms with van der Waals surface area (Å²) in [6.07, 6.45) is 9.11. The van der Waals surface area contributed by atoms with Gasteiger partial charge in [0, 0.05) is 15.9 Å². The third-order valence-corrected chi connectivity index (χ3v) is 8.34. The lowest BCUT2D eigenvalue weighted by Gasteiger charge is -2.54. The highest BCUT2D eigenvalue weighted by Gasteiger charge is 2.51. The van der Waals surface area contributed by atoms with Crippen molar-refractivity contribution in [2.75, 3.05) is 5.32 Å². The molecular formula is C23H26BrN3. The molecule has 27 heavy (non-hydrogen) atoms. The lowest BCUT2D eigenvalue weighted by Crippen LogP contribution is -2.50. The standard InChI is InChI=1S/C23H26BrN3/c24-19-9-16-2-1-3-18-20(5-4-17(19)21(16)18)26-22(25)27-23-10-13-6-14(11-23)8-15(7-13)12-23/h1-5,13-15,19H,6-12H2,(H3,25,26,27). The second-order valence-corrected chi connectivity index (χ2v) is 10.6. The van der Waals surface area contributed by atoms with E-state index in [1.165, 1.54) is 60.4 Å². The highest BCUT2D eigenvalue weighted by Crippen LogP contribution is 2.57. The van der Waals surface area contributed by atoms with Crippen LogP contribution in [0.4, 0.5) is 5.69 Å². The van der Waals surface area contributed by atoms with Gasteiger partial charge in [-0.05, 0) is 85.3 Å². The van der Waals surface area contributed by atoms with Crippen LogP contribution in [-0.2, 0) is 6.42 Å². The van der Waals surface area contributed by atoms with Crippen LogP contribution in [0.2, 0.25) is 0 Å². The number of nitrogens with two attached hydrogens (primary N) is 1. The van der Waals surface area contributed by atoms with Crippen molar-refractivity contribution in [2.45, 2.75) is 55.3 Å². The molecule has 1 unspecified atom stereocenters. The van der Waals surface area contributed by atoms with E-state index in [1.807, 2.05) is 0 Å². The zero-order valence-electron chi connectivity index (χ0n) is 15.5. The van der Waals surface area contributed by atoms with Crippen LogP contribution in [0.15, 0.2) is 35.3 Å². The summed E-state index contributed by atoms with van der Waals surface area (Å²) < 4.78 is 0. The van der Waals surface area contributed by atoms with E-state index < -0.39 is 0 Å². The van der Waals surface area contributed by atoms with Crippen molar-refractivity contribution in [1.82, 2.24) is 0 Å². The van der Waals surface area contributed by atoms with Crippen molar-refractivity contribution in [1.29, 1.82) is 0 Å². The molecule has 0 aliphatic heterocycles. The number of rotatable bonds is 2. The van der Waals surface area contributed by atoms with Crippen LogP contribution in [0.3, 0.4) is 0 Å². The molecule has 0 aromatic heterocycles.